The molecule has 0 aromatic heterocycles. The van der Waals surface area contributed by atoms with Crippen LogP contribution in [0.1, 0.15) is 29.3 Å². The van der Waals surface area contributed by atoms with Crippen molar-refractivity contribution < 1.29 is 4.79 Å². The topological polar surface area (TPSA) is 44.4 Å². The molecule has 2 unspecified atom stereocenters. The lowest BCUT2D eigenvalue weighted by molar-refractivity contribution is 0.0915. The number of hydrogen-bond acceptors (Lipinski definition) is 3. The number of nitrogens with one attached hydrogen (secondary N) is 2. The number of halogens is 2. The van der Waals surface area contributed by atoms with Crippen LogP contribution >= 0.6 is 24.8 Å². The summed E-state index contributed by atoms with van der Waals surface area (Å²) < 4.78 is 0. The van der Waals surface area contributed by atoms with Gasteiger partial charge in [-0.2, -0.15) is 0 Å². The van der Waals surface area contributed by atoms with E-state index in [0.29, 0.717) is 5.92 Å². The minimum Gasteiger partial charge on any atom is -0.348 e. The maximum Gasteiger partial charge on any atom is 0.251 e. The van der Waals surface area contributed by atoms with Crippen LogP contribution in [-0.4, -0.2) is 44.0 Å². The van der Waals surface area contributed by atoms with E-state index in [2.05, 4.69) is 28.5 Å². The van der Waals surface area contributed by atoms with Crippen molar-refractivity contribution >= 4 is 30.7 Å². The van der Waals surface area contributed by atoms with Crippen molar-refractivity contribution in [3.63, 3.8) is 0 Å². The van der Waals surface area contributed by atoms with Gasteiger partial charge in [0, 0.05) is 24.7 Å². The summed E-state index contributed by atoms with van der Waals surface area (Å²) in [6.45, 7) is 4.97. The summed E-state index contributed by atoms with van der Waals surface area (Å²) in [4.78, 5) is 14.4. The first-order valence-electron chi connectivity index (χ1n) is 7.31. The lowest BCUT2D eigenvalue weighted by atomic mass is 9.94. The number of rotatable bonds is 4. The van der Waals surface area contributed by atoms with Gasteiger partial charge in [-0.25, -0.2) is 0 Å². The summed E-state index contributed by atoms with van der Waals surface area (Å²) in [7, 11) is 4.06. The molecule has 0 bridgehead atoms. The highest BCUT2D eigenvalue weighted by Gasteiger charge is 2.23. The fraction of sp³-hybridized carbons (Fsp3) is 0.562. The third-order valence-electron chi connectivity index (χ3n) is 3.83. The van der Waals surface area contributed by atoms with Crippen LogP contribution in [0.25, 0.3) is 0 Å². The number of piperidine rings is 1. The minimum atomic E-state index is 0. The van der Waals surface area contributed by atoms with Crippen molar-refractivity contribution in [2.24, 2.45) is 5.92 Å². The number of carbonyl (C=O) groups excluding carboxylic acids is 1. The molecule has 0 aliphatic carbocycles. The zero-order chi connectivity index (χ0) is 14.5. The van der Waals surface area contributed by atoms with E-state index in [1.165, 1.54) is 0 Å². The molecule has 2 N–H and O–H groups in total. The number of hydrogen-bond donors (Lipinski definition) is 2. The van der Waals surface area contributed by atoms with Crippen LogP contribution in [0.5, 0.6) is 0 Å². The minimum absolute atomic E-state index is 0. The Kier molecular flexibility index (Phi) is 9.69. The Hall–Kier alpha value is -0.810. The van der Waals surface area contributed by atoms with Gasteiger partial charge >= 0.3 is 0 Å². The van der Waals surface area contributed by atoms with Crippen molar-refractivity contribution in [2.75, 3.05) is 27.2 Å². The van der Waals surface area contributed by atoms with Crippen molar-refractivity contribution in [1.82, 2.24) is 15.5 Å². The predicted molar refractivity (Wildman–Crippen MR) is 96.2 cm³/mol. The summed E-state index contributed by atoms with van der Waals surface area (Å²) in [5, 5.41) is 6.49. The van der Waals surface area contributed by atoms with Gasteiger partial charge in [0.2, 0.25) is 0 Å². The van der Waals surface area contributed by atoms with E-state index in [4.69, 9.17) is 0 Å². The van der Waals surface area contributed by atoms with Gasteiger partial charge in [-0.1, -0.05) is 19.1 Å². The first-order chi connectivity index (χ1) is 9.56. The molecule has 1 saturated heterocycles. The van der Waals surface area contributed by atoms with E-state index in [9.17, 15) is 4.79 Å². The Bertz CT molecular complexity index is 468. The smallest absolute Gasteiger partial charge is 0.251 e. The van der Waals surface area contributed by atoms with E-state index in [1.807, 2.05) is 32.3 Å². The molecule has 1 fully saturated rings. The van der Waals surface area contributed by atoms with Crippen molar-refractivity contribution in [3.05, 3.63) is 35.4 Å². The number of amides is 1. The second kappa shape index (κ2) is 10.1. The Morgan fingerprint density at radius 3 is 2.73 bits per heavy atom. The fourth-order valence-electron chi connectivity index (χ4n) is 2.61. The Morgan fingerprint density at radius 2 is 2.09 bits per heavy atom. The molecule has 1 aliphatic rings. The second-order valence-corrected chi connectivity index (χ2v) is 5.99. The van der Waals surface area contributed by atoms with E-state index in [0.717, 1.165) is 37.2 Å². The van der Waals surface area contributed by atoms with E-state index in [-0.39, 0.29) is 36.8 Å². The average Bonchev–Trinajstić information content (AvgIpc) is 2.41. The first kappa shape index (κ1) is 21.2. The third-order valence-corrected chi connectivity index (χ3v) is 3.83. The molecule has 22 heavy (non-hydrogen) atoms. The first-order valence-corrected chi connectivity index (χ1v) is 7.31. The van der Waals surface area contributed by atoms with Crippen LogP contribution in [-0.2, 0) is 6.54 Å². The average molecular weight is 348 g/mol. The standard InChI is InChI=1S/C16H25N3O.2ClH/c1-12-7-8-17-10-15(12)18-16(20)14-6-4-5-13(9-14)11-19(2)3;;/h4-6,9,12,15,17H,7-8,10-11H2,1-3H3,(H,18,20);2*1H. The Balaban J connectivity index is 0.00000220. The third kappa shape index (κ3) is 6.13. The maximum absolute atomic E-state index is 12.3. The Labute approximate surface area is 145 Å². The molecule has 1 heterocycles. The van der Waals surface area contributed by atoms with Crippen LogP contribution < -0.4 is 10.6 Å². The van der Waals surface area contributed by atoms with Crippen LogP contribution in [0.4, 0.5) is 0 Å². The highest BCUT2D eigenvalue weighted by Crippen LogP contribution is 2.13. The summed E-state index contributed by atoms with van der Waals surface area (Å²) in [6, 6.07) is 8.11. The van der Waals surface area contributed by atoms with Crippen LogP contribution in [0.3, 0.4) is 0 Å². The zero-order valence-electron chi connectivity index (χ0n) is 13.5. The van der Waals surface area contributed by atoms with E-state index >= 15 is 0 Å². The number of benzene rings is 1. The molecule has 0 radical (unpaired) electrons. The van der Waals surface area contributed by atoms with Gasteiger partial charge in [0.05, 0.1) is 0 Å². The lowest BCUT2D eigenvalue weighted by Crippen LogP contribution is -2.50. The van der Waals surface area contributed by atoms with E-state index in [1.54, 1.807) is 0 Å². The molecular formula is C16H27Cl2N3O. The van der Waals surface area contributed by atoms with Crippen LogP contribution in [0.15, 0.2) is 24.3 Å². The fourth-order valence-corrected chi connectivity index (χ4v) is 2.61. The monoisotopic (exact) mass is 347 g/mol. The molecule has 2 rings (SSSR count). The quantitative estimate of drug-likeness (QED) is 0.878. The number of nitrogens with zero attached hydrogens (tertiary/aromatic N) is 1. The molecule has 1 aromatic carbocycles. The van der Waals surface area contributed by atoms with Gasteiger partial charge in [-0.05, 0) is 50.7 Å². The summed E-state index contributed by atoms with van der Waals surface area (Å²) >= 11 is 0. The molecular weight excluding hydrogens is 321 g/mol. The number of carbonyl (C=O) groups is 1. The molecule has 6 heteroatoms. The lowest BCUT2D eigenvalue weighted by Gasteiger charge is -2.30. The molecule has 126 valence electrons. The van der Waals surface area contributed by atoms with Gasteiger partial charge in [0.25, 0.3) is 5.91 Å². The SMILES string of the molecule is CC1CCNCC1NC(=O)c1cccc(CN(C)C)c1.Cl.Cl. The molecule has 4 nitrogen and oxygen atoms in total. The van der Waals surface area contributed by atoms with Gasteiger partial charge in [0.15, 0.2) is 0 Å². The van der Waals surface area contributed by atoms with Crippen LogP contribution in [0.2, 0.25) is 0 Å². The van der Waals surface area contributed by atoms with Crippen LogP contribution in [0, 0.1) is 5.92 Å². The van der Waals surface area contributed by atoms with Gasteiger partial charge in [-0.15, -0.1) is 24.8 Å². The predicted octanol–water partition coefficient (Wildman–Crippen LogP) is 2.32. The van der Waals surface area contributed by atoms with Crippen molar-refractivity contribution in [1.29, 1.82) is 0 Å². The molecule has 0 spiro atoms. The normalized spacial score (nSPS) is 20.7. The van der Waals surface area contributed by atoms with E-state index < -0.39 is 0 Å². The zero-order valence-corrected chi connectivity index (χ0v) is 15.1. The van der Waals surface area contributed by atoms with Gasteiger partial charge in [-0.3, -0.25) is 4.79 Å². The Morgan fingerprint density at radius 1 is 1.36 bits per heavy atom. The maximum atomic E-state index is 12.3. The molecule has 1 aromatic rings. The summed E-state index contributed by atoms with van der Waals surface area (Å²) in [5.41, 5.74) is 1.92. The highest BCUT2D eigenvalue weighted by atomic mass is 35.5. The molecule has 1 aliphatic heterocycles. The van der Waals surface area contributed by atoms with Gasteiger partial charge < -0.3 is 15.5 Å². The van der Waals surface area contributed by atoms with Crippen molar-refractivity contribution in [3.8, 4) is 0 Å². The van der Waals surface area contributed by atoms with Crippen molar-refractivity contribution in [2.45, 2.75) is 25.9 Å². The second-order valence-electron chi connectivity index (χ2n) is 5.99. The largest absolute Gasteiger partial charge is 0.348 e. The van der Waals surface area contributed by atoms with Gasteiger partial charge in [0.1, 0.15) is 0 Å². The highest BCUT2D eigenvalue weighted by molar-refractivity contribution is 5.94. The molecule has 1 amide bonds. The molecule has 0 saturated carbocycles. The molecule has 2 atom stereocenters. The summed E-state index contributed by atoms with van der Waals surface area (Å²) in [6.07, 6.45) is 1.12. The summed E-state index contributed by atoms with van der Waals surface area (Å²) in [5.74, 6) is 0.566.